The molecule has 1 aliphatic rings. The van der Waals surface area contributed by atoms with Crippen LogP contribution in [0.15, 0.2) is 5.16 Å². The van der Waals surface area contributed by atoms with Crippen molar-refractivity contribution < 1.29 is 4.84 Å². The lowest BCUT2D eigenvalue weighted by Crippen LogP contribution is -2.19. The molecule has 0 unspecified atom stereocenters. The highest BCUT2D eigenvalue weighted by atomic mass is 79.9. The summed E-state index contributed by atoms with van der Waals surface area (Å²) in [5.74, 6) is 0. The minimum absolute atomic E-state index is 0.213. The molecule has 0 spiro atoms. The van der Waals surface area contributed by atoms with Gasteiger partial charge in [-0.15, -0.1) is 0 Å². The van der Waals surface area contributed by atoms with Gasteiger partial charge in [0.1, 0.15) is 10.6 Å². The van der Waals surface area contributed by atoms with Gasteiger partial charge >= 0.3 is 0 Å². The van der Waals surface area contributed by atoms with Crippen LogP contribution in [0.25, 0.3) is 0 Å². The number of halogens is 1. The number of rotatable bonds is 0. The summed E-state index contributed by atoms with van der Waals surface area (Å²) in [6.07, 6.45) is 0.759. The van der Waals surface area contributed by atoms with Crippen molar-refractivity contribution in [2.24, 2.45) is 5.16 Å². The summed E-state index contributed by atoms with van der Waals surface area (Å²) in [4.78, 5) is 5.13. The van der Waals surface area contributed by atoms with Gasteiger partial charge in [-0.1, -0.05) is 5.16 Å². The summed E-state index contributed by atoms with van der Waals surface area (Å²) in [6.45, 7) is 3.94. The first-order chi connectivity index (χ1) is 5.53. The molecular weight excluding hydrogens is 242 g/mol. The maximum Gasteiger partial charge on any atom is 0.169 e. The molecule has 1 aliphatic heterocycles. The van der Waals surface area contributed by atoms with Crippen molar-refractivity contribution in [2.45, 2.75) is 25.9 Å². The Balaban J connectivity index is 2.42. The van der Waals surface area contributed by atoms with Crippen LogP contribution in [-0.2, 0) is 4.84 Å². The normalized spacial score (nSPS) is 19.8. The molecular formula is C6H10BrN3OS. The smallest absolute Gasteiger partial charge is 0.169 e. The Kier molecular flexibility index (Phi) is 3.00. The summed E-state index contributed by atoms with van der Waals surface area (Å²) >= 11 is 4.22. The number of nitrogens with zero attached hydrogens (tertiary/aromatic N) is 1. The van der Waals surface area contributed by atoms with E-state index in [1.807, 2.05) is 13.8 Å². The van der Waals surface area contributed by atoms with Crippen molar-refractivity contribution in [3.05, 3.63) is 0 Å². The maximum atomic E-state index is 7.30. The van der Waals surface area contributed by atoms with Crippen molar-refractivity contribution in [3.8, 4) is 0 Å². The van der Waals surface area contributed by atoms with Gasteiger partial charge < -0.3 is 9.18 Å². The second-order valence-electron chi connectivity index (χ2n) is 3.04. The standard InChI is InChI=1S/C6H10BrN3OS/c1-6(2)3-4(10-11-6)12-5(8)9-7/h3H2,1-2H3,(H2,8,9). The maximum absolute atomic E-state index is 7.30. The van der Waals surface area contributed by atoms with Crippen LogP contribution in [0.5, 0.6) is 0 Å². The third-order valence-electron chi connectivity index (χ3n) is 1.28. The van der Waals surface area contributed by atoms with E-state index in [1.54, 1.807) is 0 Å². The Morgan fingerprint density at radius 2 is 2.50 bits per heavy atom. The van der Waals surface area contributed by atoms with Crippen LogP contribution in [0.4, 0.5) is 0 Å². The molecule has 0 fully saturated rings. The molecule has 0 bridgehead atoms. The predicted molar refractivity (Wildman–Crippen MR) is 54.6 cm³/mol. The largest absolute Gasteiger partial charge is 0.389 e. The summed E-state index contributed by atoms with van der Waals surface area (Å²) in [6, 6.07) is 0. The molecule has 0 atom stereocenters. The van der Waals surface area contributed by atoms with Crippen LogP contribution in [0.3, 0.4) is 0 Å². The van der Waals surface area contributed by atoms with Crippen LogP contribution in [0.1, 0.15) is 20.3 Å². The van der Waals surface area contributed by atoms with Gasteiger partial charge in [-0.3, -0.25) is 5.41 Å². The van der Waals surface area contributed by atoms with Gasteiger partial charge in [0.25, 0.3) is 0 Å². The zero-order valence-corrected chi connectivity index (χ0v) is 9.25. The zero-order valence-electron chi connectivity index (χ0n) is 6.85. The van der Waals surface area contributed by atoms with Crippen molar-refractivity contribution in [1.82, 2.24) is 4.34 Å². The van der Waals surface area contributed by atoms with E-state index >= 15 is 0 Å². The van der Waals surface area contributed by atoms with Crippen LogP contribution < -0.4 is 4.34 Å². The van der Waals surface area contributed by atoms with Crippen molar-refractivity contribution in [2.75, 3.05) is 0 Å². The Labute approximate surface area is 84.0 Å². The molecule has 0 saturated heterocycles. The number of oxime groups is 1. The van der Waals surface area contributed by atoms with E-state index in [0.29, 0.717) is 5.17 Å². The highest BCUT2D eigenvalue weighted by molar-refractivity contribution is 9.08. The van der Waals surface area contributed by atoms with E-state index in [1.165, 1.54) is 11.8 Å². The van der Waals surface area contributed by atoms with Gasteiger partial charge in [0.15, 0.2) is 5.17 Å². The first-order valence-corrected chi connectivity index (χ1v) is 5.02. The Bertz CT molecular complexity index is 229. The van der Waals surface area contributed by atoms with Crippen LogP contribution >= 0.6 is 27.9 Å². The van der Waals surface area contributed by atoms with E-state index in [-0.39, 0.29) is 5.60 Å². The second-order valence-corrected chi connectivity index (χ2v) is 4.52. The van der Waals surface area contributed by atoms with E-state index < -0.39 is 0 Å². The predicted octanol–water partition coefficient (Wildman–Crippen LogP) is 2.07. The molecule has 0 aliphatic carbocycles. The molecule has 6 heteroatoms. The van der Waals surface area contributed by atoms with Gasteiger partial charge in [0, 0.05) is 22.6 Å². The average molecular weight is 252 g/mol. The molecule has 0 radical (unpaired) electrons. The highest BCUT2D eigenvalue weighted by Crippen LogP contribution is 2.27. The molecule has 0 amide bonds. The van der Waals surface area contributed by atoms with Crippen LogP contribution in [0.2, 0.25) is 0 Å². The van der Waals surface area contributed by atoms with Crippen LogP contribution in [0, 0.1) is 5.41 Å². The lowest BCUT2D eigenvalue weighted by molar-refractivity contribution is 0.0123. The molecule has 0 aromatic heterocycles. The lowest BCUT2D eigenvalue weighted by Gasteiger charge is -2.12. The molecule has 4 nitrogen and oxygen atoms in total. The van der Waals surface area contributed by atoms with Crippen molar-refractivity contribution in [3.63, 3.8) is 0 Å². The Morgan fingerprint density at radius 1 is 1.83 bits per heavy atom. The third-order valence-corrected chi connectivity index (χ3v) is 2.70. The number of nitrogens with one attached hydrogen (secondary N) is 2. The minimum atomic E-state index is -0.213. The van der Waals surface area contributed by atoms with Gasteiger partial charge in [-0.2, -0.15) is 0 Å². The van der Waals surface area contributed by atoms with E-state index in [0.717, 1.165) is 11.5 Å². The second kappa shape index (κ2) is 3.66. The third kappa shape index (κ3) is 2.67. The molecule has 0 saturated carbocycles. The van der Waals surface area contributed by atoms with Crippen molar-refractivity contribution >= 4 is 38.1 Å². The molecule has 1 rings (SSSR count). The Morgan fingerprint density at radius 3 is 2.92 bits per heavy atom. The van der Waals surface area contributed by atoms with Gasteiger partial charge in [-0.05, 0) is 25.6 Å². The summed E-state index contributed by atoms with van der Waals surface area (Å²) in [5.41, 5.74) is -0.213. The molecule has 2 N–H and O–H groups in total. The fraction of sp³-hybridized carbons (Fsp3) is 0.667. The molecule has 1 heterocycles. The number of hydrogen-bond donors (Lipinski definition) is 2. The summed E-state index contributed by atoms with van der Waals surface area (Å²) in [5, 5.41) is 12.3. The molecule has 0 aromatic rings. The average Bonchev–Trinajstić information content (AvgIpc) is 2.30. The van der Waals surface area contributed by atoms with Gasteiger partial charge in [0.05, 0.1) is 0 Å². The minimum Gasteiger partial charge on any atom is -0.389 e. The monoisotopic (exact) mass is 251 g/mol. The quantitative estimate of drug-likeness (QED) is 0.394. The van der Waals surface area contributed by atoms with E-state index in [2.05, 4.69) is 25.6 Å². The topological polar surface area (TPSA) is 57.5 Å². The zero-order chi connectivity index (χ0) is 9.19. The molecule has 68 valence electrons. The number of hydrogen-bond acceptors (Lipinski definition) is 4. The summed E-state index contributed by atoms with van der Waals surface area (Å²) in [7, 11) is 0. The Hall–Kier alpha value is -0.230. The highest BCUT2D eigenvalue weighted by Gasteiger charge is 2.29. The first kappa shape index (κ1) is 9.85. The molecule has 0 aromatic carbocycles. The van der Waals surface area contributed by atoms with Crippen molar-refractivity contribution in [1.29, 1.82) is 5.41 Å². The lowest BCUT2D eigenvalue weighted by atomic mass is 10.1. The molecule has 12 heavy (non-hydrogen) atoms. The fourth-order valence-corrected chi connectivity index (χ4v) is 1.81. The van der Waals surface area contributed by atoms with E-state index in [4.69, 9.17) is 10.2 Å². The first-order valence-electron chi connectivity index (χ1n) is 3.41. The SMILES string of the molecule is CC1(C)CC(SC(=N)NBr)=NO1. The van der Waals surface area contributed by atoms with Gasteiger partial charge in [0.2, 0.25) is 0 Å². The van der Waals surface area contributed by atoms with Crippen LogP contribution in [-0.4, -0.2) is 15.8 Å². The van der Waals surface area contributed by atoms with Gasteiger partial charge in [-0.25, -0.2) is 0 Å². The summed E-state index contributed by atoms with van der Waals surface area (Å²) < 4.78 is 2.54. The van der Waals surface area contributed by atoms with E-state index in [9.17, 15) is 0 Å². The fourth-order valence-electron chi connectivity index (χ4n) is 0.795. The number of amidine groups is 1. The number of thioether (sulfide) groups is 1.